The molecule has 0 aliphatic carbocycles. The molecule has 1 aliphatic rings. The Hall–Kier alpha value is -1.06. The van der Waals surface area contributed by atoms with Crippen molar-refractivity contribution in [1.82, 2.24) is 5.32 Å². The van der Waals surface area contributed by atoms with Crippen molar-refractivity contribution in [3.8, 4) is 5.75 Å². The standard InChI is InChI=1S/C12H17NO2/c1-15-11-4-2-3-9(5-11)12-7-13-6-10(12)8-14/h2-5,10,12-14H,6-8H2,1H3/t10-,12+/m0/s1. The maximum absolute atomic E-state index is 9.25. The van der Waals surface area contributed by atoms with E-state index in [0.717, 1.165) is 18.8 Å². The average molecular weight is 207 g/mol. The number of aliphatic hydroxyl groups excluding tert-OH is 1. The molecule has 1 heterocycles. The van der Waals surface area contributed by atoms with Gasteiger partial charge in [-0.25, -0.2) is 0 Å². The van der Waals surface area contributed by atoms with E-state index in [2.05, 4.69) is 17.4 Å². The molecule has 1 aromatic rings. The lowest BCUT2D eigenvalue weighted by atomic mass is 9.89. The zero-order chi connectivity index (χ0) is 10.7. The fraction of sp³-hybridized carbons (Fsp3) is 0.500. The number of hydrogen-bond donors (Lipinski definition) is 2. The molecule has 0 radical (unpaired) electrons. The van der Waals surface area contributed by atoms with Crippen LogP contribution in [-0.2, 0) is 0 Å². The maximum atomic E-state index is 9.25. The smallest absolute Gasteiger partial charge is 0.119 e. The highest BCUT2D eigenvalue weighted by atomic mass is 16.5. The molecule has 1 saturated heterocycles. The summed E-state index contributed by atoms with van der Waals surface area (Å²) < 4.78 is 5.20. The molecule has 0 bridgehead atoms. The van der Waals surface area contributed by atoms with E-state index in [1.807, 2.05) is 12.1 Å². The molecule has 2 N–H and O–H groups in total. The summed E-state index contributed by atoms with van der Waals surface area (Å²) >= 11 is 0. The van der Waals surface area contributed by atoms with Gasteiger partial charge in [0.05, 0.1) is 7.11 Å². The molecule has 3 nitrogen and oxygen atoms in total. The van der Waals surface area contributed by atoms with Crippen LogP contribution in [0.1, 0.15) is 11.5 Å². The third-order valence-electron chi connectivity index (χ3n) is 3.10. The SMILES string of the molecule is COc1cccc([C@H]2CNC[C@H]2CO)c1. The van der Waals surface area contributed by atoms with Crippen LogP contribution in [0.2, 0.25) is 0 Å². The van der Waals surface area contributed by atoms with E-state index in [-0.39, 0.29) is 6.61 Å². The molecule has 0 aromatic heterocycles. The Labute approximate surface area is 90.1 Å². The van der Waals surface area contributed by atoms with Gasteiger partial charge >= 0.3 is 0 Å². The zero-order valence-corrected chi connectivity index (χ0v) is 8.94. The van der Waals surface area contributed by atoms with Gasteiger partial charge in [0.1, 0.15) is 5.75 Å². The molecule has 1 fully saturated rings. The first-order chi connectivity index (χ1) is 7.35. The van der Waals surface area contributed by atoms with Crippen molar-refractivity contribution in [3.63, 3.8) is 0 Å². The second-order valence-corrected chi connectivity index (χ2v) is 3.98. The van der Waals surface area contributed by atoms with Crippen molar-refractivity contribution in [3.05, 3.63) is 29.8 Å². The molecule has 0 saturated carbocycles. The topological polar surface area (TPSA) is 41.5 Å². The normalized spacial score (nSPS) is 25.5. The van der Waals surface area contributed by atoms with Gasteiger partial charge < -0.3 is 15.2 Å². The van der Waals surface area contributed by atoms with E-state index in [1.165, 1.54) is 5.56 Å². The van der Waals surface area contributed by atoms with Gasteiger partial charge in [-0.3, -0.25) is 0 Å². The van der Waals surface area contributed by atoms with Gasteiger partial charge in [-0.2, -0.15) is 0 Å². The summed E-state index contributed by atoms with van der Waals surface area (Å²) in [4.78, 5) is 0. The molecule has 82 valence electrons. The van der Waals surface area contributed by atoms with Crippen LogP contribution >= 0.6 is 0 Å². The molecule has 3 heteroatoms. The van der Waals surface area contributed by atoms with Crippen LogP contribution in [-0.4, -0.2) is 31.9 Å². The summed E-state index contributed by atoms with van der Waals surface area (Å²) in [6.45, 7) is 2.09. The highest BCUT2D eigenvalue weighted by Crippen LogP contribution is 2.29. The van der Waals surface area contributed by atoms with Crippen LogP contribution in [0.15, 0.2) is 24.3 Å². The van der Waals surface area contributed by atoms with Crippen molar-refractivity contribution < 1.29 is 9.84 Å². The number of nitrogens with one attached hydrogen (secondary N) is 1. The Morgan fingerprint density at radius 3 is 3.07 bits per heavy atom. The highest BCUT2D eigenvalue weighted by molar-refractivity contribution is 5.32. The highest BCUT2D eigenvalue weighted by Gasteiger charge is 2.27. The molecule has 1 aromatic carbocycles. The van der Waals surface area contributed by atoms with Crippen LogP contribution in [0.3, 0.4) is 0 Å². The molecule has 2 atom stereocenters. The third kappa shape index (κ3) is 2.13. The largest absolute Gasteiger partial charge is 0.497 e. The van der Waals surface area contributed by atoms with E-state index in [0.29, 0.717) is 11.8 Å². The predicted octanol–water partition coefficient (Wildman–Crippen LogP) is 0.990. The third-order valence-corrected chi connectivity index (χ3v) is 3.10. The van der Waals surface area contributed by atoms with Crippen LogP contribution in [0.5, 0.6) is 5.75 Å². The molecular weight excluding hydrogens is 190 g/mol. The van der Waals surface area contributed by atoms with E-state index in [9.17, 15) is 5.11 Å². The maximum Gasteiger partial charge on any atom is 0.119 e. The number of ether oxygens (including phenoxy) is 1. The van der Waals surface area contributed by atoms with Crippen molar-refractivity contribution in [2.75, 3.05) is 26.8 Å². The Kier molecular flexibility index (Phi) is 3.23. The van der Waals surface area contributed by atoms with Crippen molar-refractivity contribution in [2.24, 2.45) is 5.92 Å². The number of rotatable bonds is 3. The van der Waals surface area contributed by atoms with Gasteiger partial charge in [0, 0.05) is 31.5 Å². The molecule has 0 spiro atoms. The summed E-state index contributed by atoms with van der Waals surface area (Å²) in [5.74, 6) is 1.62. The average Bonchev–Trinajstić information content (AvgIpc) is 2.77. The van der Waals surface area contributed by atoms with Gasteiger partial charge in [-0.05, 0) is 17.7 Å². The van der Waals surface area contributed by atoms with Gasteiger partial charge in [-0.15, -0.1) is 0 Å². The zero-order valence-electron chi connectivity index (χ0n) is 8.94. The molecule has 15 heavy (non-hydrogen) atoms. The minimum Gasteiger partial charge on any atom is -0.497 e. The summed E-state index contributed by atoms with van der Waals surface area (Å²) in [7, 11) is 1.68. The first-order valence-corrected chi connectivity index (χ1v) is 5.30. The Morgan fingerprint density at radius 2 is 2.33 bits per heavy atom. The number of methoxy groups -OCH3 is 1. The van der Waals surface area contributed by atoms with Crippen molar-refractivity contribution >= 4 is 0 Å². The second-order valence-electron chi connectivity index (χ2n) is 3.98. The molecule has 0 unspecified atom stereocenters. The predicted molar refractivity (Wildman–Crippen MR) is 59.2 cm³/mol. The van der Waals surface area contributed by atoms with E-state index in [4.69, 9.17) is 4.74 Å². The molecule has 1 aliphatic heterocycles. The quantitative estimate of drug-likeness (QED) is 0.776. The van der Waals surface area contributed by atoms with E-state index in [1.54, 1.807) is 7.11 Å². The van der Waals surface area contributed by atoms with Gasteiger partial charge in [0.15, 0.2) is 0 Å². The fourth-order valence-electron chi connectivity index (χ4n) is 2.19. The lowest BCUT2D eigenvalue weighted by Gasteiger charge is -2.17. The Bertz CT molecular complexity index is 327. The van der Waals surface area contributed by atoms with Crippen LogP contribution in [0, 0.1) is 5.92 Å². The van der Waals surface area contributed by atoms with Gasteiger partial charge in [0.2, 0.25) is 0 Å². The molecule has 2 rings (SSSR count). The molecular formula is C12H17NO2. The first-order valence-electron chi connectivity index (χ1n) is 5.30. The Morgan fingerprint density at radius 1 is 1.47 bits per heavy atom. The monoisotopic (exact) mass is 207 g/mol. The summed E-state index contributed by atoms with van der Waals surface area (Å²) in [5, 5.41) is 12.6. The first kappa shape index (κ1) is 10.5. The Balaban J connectivity index is 2.20. The van der Waals surface area contributed by atoms with Crippen LogP contribution in [0.25, 0.3) is 0 Å². The fourth-order valence-corrected chi connectivity index (χ4v) is 2.19. The van der Waals surface area contributed by atoms with E-state index < -0.39 is 0 Å². The summed E-state index contributed by atoms with van der Waals surface area (Å²) in [5.41, 5.74) is 1.25. The van der Waals surface area contributed by atoms with Gasteiger partial charge in [-0.1, -0.05) is 12.1 Å². The minimum atomic E-state index is 0.245. The second kappa shape index (κ2) is 4.64. The van der Waals surface area contributed by atoms with Gasteiger partial charge in [0.25, 0.3) is 0 Å². The van der Waals surface area contributed by atoms with E-state index >= 15 is 0 Å². The van der Waals surface area contributed by atoms with Crippen LogP contribution < -0.4 is 10.1 Å². The minimum absolute atomic E-state index is 0.245. The summed E-state index contributed by atoms with van der Waals surface area (Å²) in [6.07, 6.45) is 0. The van der Waals surface area contributed by atoms with Crippen LogP contribution in [0.4, 0.5) is 0 Å². The van der Waals surface area contributed by atoms with Crippen molar-refractivity contribution in [1.29, 1.82) is 0 Å². The lowest BCUT2D eigenvalue weighted by molar-refractivity contribution is 0.226. The number of aliphatic hydroxyl groups is 1. The lowest BCUT2D eigenvalue weighted by Crippen LogP contribution is -2.14. The number of benzene rings is 1. The summed E-state index contributed by atoms with van der Waals surface area (Å²) in [6, 6.07) is 8.10. The van der Waals surface area contributed by atoms with Crippen molar-refractivity contribution in [2.45, 2.75) is 5.92 Å². The molecule has 0 amide bonds. The number of hydrogen-bond acceptors (Lipinski definition) is 3.